The van der Waals surface area contributed by atoms with Crippen LogP contribution in [0.5, 0.6) is 0 Å². The Morgan fingerprint density at radius 3 is 2.96 bits per heavy atom. The van der Waals surface area contributed by atoms with Gasteiger partial charge in [-0.05, 0) is 44.7 Å². The molecule has 28 heavy (non-hydrogen) atoms. The summed E-state index contributed by atoms with van der Waals surface area (Å²) in [5.41, 5.74) is 3.82. The Balaban J connectivity index is 1.68. The van der Waals surface area contributed by atoms with Gasteiger partial charge in [0.15, 0.2) is 5.65 Å². The first-order valence-corrected chi connectivity index (χ1v) is 9.57. The fourth-order valence-corrected chi connectivity index (χ4v) is 4.14. The van der Waals surface area contributed by atoms with Gasteiger partial charge in [-0.2, -0.15) is 5.10 Å². The zero-order valence-electron chi connectivity index (χ0n) is 15.8. The molecule has 0 aromatic carbocycles. The summed E-state index contributed by atoms with van der Waals surface area (Å²) in [7, 11) is 0. The van der Waals surface area contributed by atoms with E-state index >= 15 is 0 Å². The number of hydrogen-bond donors (Lipinski definition) is 1. The first-order valence-electron chi connectivity index (χ1n) is 9.57. The molecule has 5 rings (SSSR count). The lowest BCUT2D eigenvalue weighted by Crippen LogP contribution is -2.33. The summed E-state index contributed by atoms with van der Waals surface area (Å²) in [6, 6.07) is 1.73. The highest BCUT2D eigenvalue weighted by Crippen LogP contribution is 2.33. The van der Waals surface area contributed by atoms with E-state index in [1.165, 1.54) is 6.20 Å². The molecule has 0 saturated heterocycles. The van der Waals surface area contributed by atoms with Gasteiger partial charge < -0.3 is 10.2 Å². The fraction of sp³-hybridized carbons (Fsp3) is 0.400. The topological polar surface area (TPSA) is 75.4 Å². The van der Waals surface area contributed by atoms with Gasteiger partial charge in [0.05, 0.1) is 12.4 Å². The number of pyridine rings is 1. The molecule has 0 fully saturated rings. The van der Waals surface area contributed by atoms with Gasteiger partial charge in [-0.15, -0.1) is 0 Å². The number of aryl methyl sites for hydroxylation is 1. The molecule has 7 nitrogen and oxygen atoms in total. The maximum atomic E-state index is 13.9. The molecule has 0 radical (unpaired) electrons. The van der Waals surface area contributed by atoms with E-state index in [9.17, 15) is 9.18 Å². The Labute approximate surface area is 161 Å². The first kappa shape index (κ1) is 17.1. The lowest BCUT2D eigenvalue weighted by atomic mass is 10.0. The molecule has 3 aromatic rings. The molecule has 3 aromatic heterocycles. The number of nitrogens with zero attached hydrogens (tertiary/aromatic N) is 5. The molecular weight excluding hydrogens is 359 g/mol. The minimum atomic E-state index is -0.335. The Morgan fingerprint density at radius 2 is 2.11 bits per heavy atom. The van der Waals surface area contributed by atoms with Crippen LogP contribution in [0.3, 0.4) is 0 Å². The van der Waals surface area contributed by atoms with Gasteiger partial charge in [0.25, 0.3) is 5.91 Å². The summed E-state index contributed by atoms with van der Waals surface area (Å²) >= 11 is 0. The minimum absolute atomic E-state index is 0.0513. The summed E-state index contributed by atoms with van der Waals surface area (Å²) in [6.07, 6.45) is 6.99. The Bertz CT molecular complexity index is 1090. The number of hydrogen-bond acceptors (Lipinski definition) is 5. The zero-order chi connectivity index (χ0) is 19.4. The standard InChI is InChI=1S/C20H21FN6O/c1-11-3-4-17-13(6-15(21)7-22-17)9-26-12(2)5-14-10-27-19(25-18(14)26)16(8-23-27)20(28)24-11/h6-8,10-12H,3-5,9H2,1-2H3,(H,24,28)/t11-,12-/m1/s1. The van der Waals surface area contributed by atoms with Gasteiger partial charge in [-0.3, -0.25) is 9.78 Å². The molecule has 2 bridgehead atoms. The predicted molar refractivity (Wildman–Crippen MR) is 102 cm³/mol. The van der Waals surface area contributed by atoms with E-state index in [2.05, 4.69) is 27.2 Å². The van der Waals surface area contributed by atoms with Crippen molar-refractivity contribution in [1.29, 1.82) is 0 Å². The van der Waals surface area contributed by atoms with Crippen LogP contribution in [-0.2, 0) is 19.4 Å². The molecule has 144 valence electrons. The Hall–Kier alpha value is -3.03. The number of anilines is 1. The van der Waals surface area contributed by atoms with E-state index in [4.69, 9.17) is 4.98 Å². The van der Waals surface area contributed by atoms with Crippen LogP contribution in [0.2, 0.25) is 0 Å². The number of carbonyl (C=O) groups excluding carboxylic acids is 1. The molecule has 5 heterocycles. The quantitative estimate of drug-likeness (QED) is 0.648. The predicted octanol–water partition coefficient (Wildman–Crippen LogP) is 2.28. The van der Waals surface area contributed by atoms with Gasteiger partial charge in [0.2, 0.25) is 0 Å². The lowest BCUT2D eigenvalue weighted by molar-refractivity contribution is 0.0940. The van der Waals surface area contributed by atoms with Crippen LogP contribution in [0.4, 0.5) is 10.2 Å². The van der Waals surface area contributed by atoms with Crippen LogP contribution in [0.25, 0.3) is 5.65 Å². The number of rotatable bonds is 0. The monoisotopic (exact) mass is 380 g/mol. The molecule has 1 amide bonds. The number of nitrogens with one attached hydrogen (secondary N) is 1. The van der Waals surface area contributed by atoms with E-state index in [1.54, 1.807) is 16.8 Å². The molecule has 2 aliphatic rings. The summed E-state index contributed by atoms with van der Waals surface area (Å²) in [6.45, 7) is 4.63. The highest BCUT2D eigenvalue weighted by Gasteiger charge is 2.30. The maximum absolute atomic E-state index is 13.9. The third-order valence-electron chi connectivity index (χ3n) is 5.67. The van der Waals surface area contributed by atoms with Gasteiger partial charge in [-0.1, -0.05) is 0 Å². The molecule has 1 N–H and O–H groups in total. The third-order valence-corrected chi connectivity index (χ3v) is 5.67. The van der Waals surface area contributed by atoms with Crippen LogP contribution < -0.4 is 10.2 Å². The molecule has 0 unspecified atom stereocenters. The zero-order valence-corrected chi connectivity index (χ0v) is 15.8. The molecule has 0 spiro atoms. The van der Waals surface area contributed by atoms with Crippen LogP contribution in [-0.4, -0.2) is 37.6 Å². The molecular formula is C20H21FN6O. The van der Waals surface area contributed by atoms with Crippen LogP contribution >= 0.6 is 0 Å². The molecule has 0 aliphatic carbocycles. The lowest BCUT2D eigenvalue weighted by Gasteiger charge is -2.25. The largest absolute Gasteiger partial charge is 0.349 e. The third kappa shape index (κ3) is 2.71. The highest BCUT2D eigenvalue weighted by atomic mass is 19.1. The first-order chi connectivity index (χ1) is 13.5. The van der Waals surface area contributed by atoms with E-state index in [1.807, 2.05) is 13.1 Å². The summed E-state index contributed by atoms with van der Waals surface area (Å²) < 4.78 is 15.6. The van der Waals surface area contributed by atoms with E-state index in [0.29, 0.717) is 30.6 Å². The fourth-order valence-electron chi connectivity index (χ4n) is 4.14. The number of fused-ring (bicyclic) bond motifs is 1. The van der Waals surface area contributed by atoms with Crippen molar-refractivity contribution in [3.63, 3.8) is 0 Å². The Morgan fingerprint density at radius 1 is 1.25 bits per heavy atom. The average molecular weight is 380 g/mol. The van der Waals surface area contributed by atoms with E-state index in [-0.39, 0.29) is 23.8 Å². The van der Waals surface area contributed by atoms with Crippen molar-refractivity contribution in [3.05, 3.63) is 52.9 Å². The summed E-state index contributed by atoms with van der Waals surface area (Å²) in [5.74, 6) is 0.314. The summed E-state index contributed by atoms with van der Waals surface area (Å²) in [4.78, 5) is 24.1. The van der Waals surface area contributed by atoms with Gasteiger partial charge >= 0.3 is 0 Å². The van der Waals surface area contributed by atoms with Crippen molar-refractivity contribution < 1.29 is 9.18 Å². The number of carbonyl (C=O) groups is 1. The second kappa shape index (κ2) is 6.25. The second-order valence-corrected chi connectivity index (χ2v) is 7.77. The highest BCUT2D eigenvalue weighted by molar-refractivity contribution is 6.00. The summed E-state index contributed by atoms with van der Waals surface area (Å²) in [5, 5.41) is 7.34. The van der Waals surface area contributed by atoms with Crippen molar-refractivity contribution in [1.82, 2.24) is 24.9 Å². The van der Waals surface area contributed by atoms with Gasteiger partial charge in [0, 0.05) is 36.1 Å². The Kier molecular flexibility index (Phi) is 3.82. The number of halogens is 1. The average Bonchev–Trinajstić information content (AvgIpc) is 3.19. The molecule has 8 heteroatoms. The van der Waals surface area contributed by atoms with Gasteiger partial charge in [0.1, 0.15) is 17.2 Å². The van der Waals surface area contributed by atoms with E-state index < -0.39 is 0 Å². The minimum Gasteiger partial charge on any atom is -0.349 e. The number of amides is 1. The van der Waals surface area contributed by atoms with Crippen LogP contribution in [0, 0.1) is 5.82 Å². The molecule has 0 saturated carbocycles. The second-order valence-electron chi connectivity index (χ2n) is 7.77. The van der Waals surface area contributed by atoms with Crippen LogP contribution in [0.15, 0.2) is 24.7 Å². The normalized spacial score (nSPS) is 21.8. The van der Waals surface area contributed by atoms with Crippen molar-refractivity contribution in [3.8, 4) is 0 Å². The van der Waals surface area contributed by atoms with Crippen molar-refractivity contribution in [2.75, 3.05) is 4.90 Å². The van der Waals surface area contributed by atoms with Gasteiger partial charge in [-0.25, -0.2) is 13.9 Å². The number of aromatic nitrogens is 4. The van der Waals surface area contributed by atoms with Crippen LogP contribution in [0.1, 0.15) is 47.4 Å². The maximum Gasteiger partial charge on any atom is 0.256 e. The van der Waals surface area contributed by atoms with E-state index in [0.717, 1.165) is 29.1 Å². The molecule has 2 aliphatic heterocycles. The molecule has 2 atom stereocenters. The smallest absolute Gasteiger partial charge is 0.256 e. The van der Waals surface area contributed by atoms with Crippen molar-refractivity contribution >= 4 is 17.4 Å². The van der Waals surface area contributed by atoms with Crippen molar-refractivity contribution in [2.24, 2.45) is 0 Å². The SMILES string of the molecule is C[C@@H]1CCc2ncc(F)cc2CN2c3nc4c(cnn4cc3C[C@H]2C)C(=O)N1. The van der Waals surface area contributed by atoms with Crippen molar-refractivity contribution in [2.45, 2.75) is 51.7 Å².